The van der Waals surface area contributed by atoms with Gasteiger partial charge in [-0.1, -0.05) is 29.8 Å². The number of carbonyl (C=O) groups is 3. The zero-order valence-electron chi connectivity index (χ0n) is 28.9. The van der Waals surface area contributed by atoms with Gasteiger partial charge >= 0.3 is 12.0 Å². The molecule has 270 valence electrons. The Bertz CT molecular complexity index is 1840. The largest absolute Gasteiger partial charge is 0.466 e. The predicted molar refractivity (Wildman–Crippen MR) is 194 cm³/mol. The van der Waals surface area contributed by atoms with Gasteiger partial charge in [0.1, 0.15) is 11.9 Å². The highest BCUT2D eigenvalue weighted by Crippen LogP contribution is 2.37. The molecule has 12 nitrogen and oxygen atoms in total. The van der Waals surface area contributed by atoms with E-state index in [0.29, 0.717) is 74.3 Å². The Morgan fingerprint density at radius 2 is 1.92 bits per heavy atom. The first kappa shape index (κ1) is 36.4. The maximum Gasteiger partial charge on any atom is 0.338 e. The summed E-state index contributed by atoms with van der Waals surface area (Å²) in [7, 11) is 2.92. The van der Waals surface area contributed by atoms with Crippen LogP contribution in [0.4, 0.5) is 14.9 Å². The van der Waals surface area contributed by atoms with E-state index in [1.54, 1.807) is 18.2 Å². The highest BCUT2D eigenvalue weighted by atomic mass is 35.5. The average Bonchev–Trinajstić information content (AvgIpc) is 3.75. The lowest BCUT2D eigenvalue weighted by Gasteiger charge is -2.38. The molecule has 0 aliphatic carbocycles. The van der Waals surface area contributed by atoms with Crippen LogP contribution in [0.3, 0.4) is 0 Å². The third-order valence-electron chi connectivity index (χ3n) is 9.11. The van der Waals surface area contributed by atoms with Crippen molar-refractivity contribution in [1.29, 1.82) is 0 Å². The van der Waals surface area contributed by atoms with Gasteiger partial charge < -0.3 is 25.0 Å². The molecule has 0 bridgehead atoms. The van der Waals surface area contributed by atoms with Gasteiger partial charge in [0.2, 0.25) is 5.91 Å². The van der Waals surface area contributed by atoms with Crippen LogP contribution < -0.4 is 15.5 Å². The molecule has 2 saturated heterocycles. The van der Waals surface area contributed by atoms with Crippen molar-refractivity contribution >= 4 is 52.4 Å². The van der Waals surface area contributed by atoms with Gasteiger partial charge in [-0.2, -0.15) is 0 Å². The number of nitrogens with one attached hydrogen (secondary N) is 2. The highest BCUT2D eigenvalue weighted by molar-refractivity contribution is 7.11. The molecule has 1 unspecified atom stereocenters. The standard InChI is InChI=1S/C36H41ClFN7O5S/c1-36(2,21-49-3)42-29(46)12-7-22-5-9-24(10-6-22)45-19-25-18-43(14-15-44(25)35(45)48)20-28-30(34(47)50-4)31(26-11-8-23(38)17-27(26)37)41-32(40-28)33-39-13-16-51-33/h5-6,8-11,13,16-17,25,31H,7,12,14-15,18-21H2,1-4H3,(H,40,41)(H,42,46)/t25-,31?/m0/s1. The first-order valence-corrected chi connectivity index (χ1v) is 17.9. The molecule has 1 aromatic heterocycles. The summed E-state index contributed by atoms with van der Waals surface area (Å²) in [6.45, 7) is 6.76. The number of aryl methyl sites for hydroxylation is 1. The number of piperazine rings is 1. The number of ether oxygens (including phenoxy) is 2. The van der Waals surface area contributed by atoms with Crippen LogP contribution in [-0.2, 0) is 25.5 Å². The molecule has 3 aromatic rings. The number of thiazole rings is 1. The number of amides is 3. The van der Waals surface area contributed by atoms with Crippen molar-refractivity contribution in [3.63, 3.8) is 0 Å². The molecule has 2 aromatic carbocycles. The minimum absolute atomic E-state index is 0.0448. The van der Waals surface area contributed by atoms with E-state index >= 15 is 0 Å². The number of aromatic nitrogens is 1. The molecular weight excluding hydrogens is 697 g/mol. The minimum Gasteiger partial charge on any atom is -0.466 e. The maximum absolute atomic E-state index is 14.0. The molecule has 3 amide bonds. The van der Waals surface area contributed by atoms with E-state index in [0.717, 1.165) is 11.3 Å². The van der Waals surface area contributed by atoms with Gasteiger partial charge in [-0.15, -0.1) is 11.3 Å². The zero-order valence-corrected chi connectivity index (χ0v) is 30.5. The molecule has 3 aliphatic rings. The van der Waals surface area contributed by atoms with E-state index in [1.165, 1.54) is 36.6 Å². The summed E-state index contributed by atoms with van der Waals surface area (Å²) >= 11 is 7.90. The van der Waals surface area contributed by atoms with Gasteiger partial charge in [-0.3, -0.25) is 19.6 Å². The number of benzene rings is 2. The number of nitrogens with zero attached hydrogens (tertiary/aromatic N) is 5. The summed E-state index contributed by atoms with van der Waals surface area (Å²) in [5.41, 5.74) is 2.67. The number of fused-ring (bicyclic) bond motifs is 1. The van der Waals surface area contributed by atoms with Crippen molar-refractivity contribution in [2.24, 2.45) is 4.99 Å². The van der Waals surface area contributed by atoms with Gasteiger partial charge in [-0.25, -0.2) is 19.0 Å². The number of anilines is 1. The fraction of sp³-hybridized carbons (Fsp3) is 0.417. The van der Waals surface area contributed by atoms with Crippen LogP contribution in [0.15, 0.2) is 70.3 Å². The molecule has 6 rings (SSSR count). The molecule has 15 heteroatoms. The summed E-state index contributed by atoms with van der Waals surface area (Å²) in [5.74, 6) is -0.651. The molecule has 0 radical (unpaired) electrons. The Balaban J connectivity index is 1.16. The number of methoxy groups -OCH3 is 2. The molecule has 2 atom stereocenters. The number of rotatable bonds is 12. The Morgan fingerprint density at radius 1 is 1.14 bits per heavy atom. The van der Waals surface area contributed by atoms with Crippen LogP contribution in [0.1, 0.15) is 42.4 Å². The molecule has 0 saturated carbocycles. The summed E-state index contributed by atoms with van der Waals surface area (Å²) in [5, 5.41) is 8.94. The van der Waals surface area contributed by atoms with Crippen LogP contribution in [0, 0.1) is 5.82 Å². The van der Waals surface area contributed by atoms with Crippen molar-refractivity contribution in [2.45, 2.75) is 44.3 Å². The Hall–Kier alpha value is -4.37. The van der Waals surface area contributed by atoms with Crippen LogP contribution >= 0.6 is 22.9 Å². The smallest absolute Gasteiger partial charge is 0.338 e. The summed E-state index contributed by atoms with van der Waals surface area (Å²) in [6, 6.07) is 10.8. The lowest BCUT2D eigenvalue weighted by Crippen LogP contribution is -2.53. The molecule has 0 spiro atoms. The van der Waals surface area contributed by atoms with Crippen molar-refractivity contribution in [1.82, 2.24) is 25.4 Å². The second kappa shape index (κ2) is 15.5. The second-order valence-corrected chi connectivity index (χ2v) is 14.7. The molecular formula is C36H41ClFN7O5S. The predicted octanol–water partition coefficient (Wildman–Crippen LogP) is 4.55. The minimum atomic E-state index is -0.856. The summed E-state index contributed by atoms with van der Waals surface area (Å²) < 4.78 is 24.4. The van der Waals surface area contributed by atoms with E-state index < -0.39 is 23.4 Å². The van der Waals surface area contributed by atoms with Crippen molar-refractivity contribution in [2.75, 3.05) is 58.5 Å². The molecule has 51 heavy (non-hydrogen) atoms. The number of urea groups is 1. The van der Waals surface area contributed by atoms with Gasteiger partial charge in [0.15, 0.2) is 10.8 Å². The Labute approximate surface area is 305 Å². The lowest BCUT2D eigenvalue weighted by molar-refractivity contribution is -0.136. The topological polar surface area (TPSA) is 129 Å². The van der Waals surface area contributed by atoms with Crippen molar-refractivity contribution < 1.29 is 28.2 Å². The molecule has 4 heterocycles. The number of esters is 1. The third-order valence-corrected chi connectivity index (χ3v) is 10.2. The van der Waals surface area contributed by atoms with E-state index in [1.807, 2.05) is 48.4 Å². The summed E-state index contributed by atoms with van der Waals surface area (Å²) in [6.07, 6.45) is 2.59. The number of carbonyl (C=O) groups excluding carboxylic acids is 3. The van der Waals surface area contributed by atoms with Crippen LogP contribution in [0.5, 0.6) is 0 Å². The van der Waals surface area contributed by atoms with E-state index in [2.05, 4.69) is 20.5 Å². The highest BCUT2D eigenvalue weighted by Gasteiger charge is 2.42. The fourth-order valence-electron chi connectivity index (χ4n) is 6.76. The average molecular weight is 738 g/mol. The number of aliphatic imine (C=N–C) groups is 1. The van der Waals surface area contributed by atoms with Gasteiger partial charge in [0.25, 0.3) is 0 Å². The van der Waals surface area contributed by atoms with E-state index in [9.17, 15) is 18.8 Å². The maximum atomic E-state index is 14.0. The Morgan fingerprint density at radius 3 is 2.61 bits per heavy atom. The van der Waals surface area contributed by atoms with Crippen LogP contribution in [0.25, 0.3) is 0 Å². The Kier molecular flexibility index (Phi) is 11.1. The first-order valence-electron chi connectivity index (χ1n) is 16.7. The number of hydrogen-bond donors (Lipinski definition) is 2. The first-order chi connectivity index (χ1) is 24.5. The molecule has 2 fully saturated rings. The number of halogens is 2. The van der Waals surface area contributed by atoms with Gasteiger partial charge in [0.05, 0.1) is 30.9 Å². The summed E-state index contributed by atoms with van der Waals surface area (Å²) in [4.78, 5) is 54.5. The third kappa shape index (κ3) is 8.25. The SMILES string of the molecule is COCC(C)(C)NC(=O)CCc1ccc(N2C[C@@H]3CN(CC4=C(C(=O)OC)C(c5ccc(F)cc5Cl)N=C(c5nccs5)N4)CCN3C2=O)cc1. The van der Waals surface area contributed by atoms with Crippen LogP contribution in [-0.4, -0.2) is 104 Å². The van der Waals surface area contributed by atoms with Crippen molar-refractivity contribution in [3.8, 4) is 0 Å². The number of amidine groups is 1. The molecule has 3 aliphatic heterocycles. The fourth-order valence-corrected chi connectivity index (χ4v) is 7.62. The van der Waals surface area contributed by atoms with Crippen molar-refractivity contribution in [3.05, 3.63) is 92.3 Å². The second-order valence-electron chi connectivity index (χ2n) is 13.4. The zero-order chi connectivity index (χ0) is 36.3. The van der Waals surface area contributed by atoms with E-state index in [-0.39, 0.29) is 28.6 Å². The number of hydrogen-bond acceptors (Lipinski definition) is 10. The van der Waals surface area contributed by atoms with Gasteiger partial charge in [0, 0.05) is 79.8 Å². The molecule has 2 N–H and O–H groups in total. The van der Waals surface area contributed by atoms with Crippen LogP contribution in [0.2, 0.25) is 5.02 Å². The normalized spacial score (nSPS) is 19.5. The van der Waals surface area contributed by atoms with Gasteiger partial charge in [-0.05, 0) is 50.1 Å². The lowest BCUT2D eigenvalue weighted by atomic mass is 9.95. The quantitative estimate of drug-likeness (QED) is 0.259. The van der Waals surface area contributed by atoms with E-state index in [4.69, 9.17) is 26.1 Å². The monoisotopic (exact) mass is 737 g/mol.